The lowest BCUT2D eigenvalue weighted by Gasteiger charge is -2.21. The molecular formula is C19H29F3N4O3. The number of pyridine rings is 1. The third-order valence-corrected chi connectivity index (χ3v) is 4.30. The number of nitrogens with one attached hydrogen (secondary N) is 1. The van der Waals surface area contributed by atoms with Crippen LogP contribution in [-0.2, 0) is 16.0 Å². The third kappa shape index (κ3) is 8.86. The SMILES string of the molecule is CCNC(=NCc1ccc(OCC(F)(F)F)nc1)N1CCC(COCCOC)C1. The zero-order valence-corrected chi connectivity index (χ0v) is 16.9. The van der Waals surface area contributed by atoms with E-state index in [0.29, 0.717) is 32.3 Å². The number of nitrogens with zero attached hydrogens (tertiary/aromatic N) is 3. The molecule has 0 radical (unpaired) electrons. The van der Waals surface area contributed by atoms with Gasteiger partial charge in [0.05, 0.1) is 26.4 Å². The second-order valence-corrected chi connectivity index (χ2v) is 6.75. The summed E-state index contributed by atoms with van der Waals surface area (Å²) in [7, 11) is 1.65. The second kappa shape index (κ2) is 11.8. The van der Waals surface area contributed by atoms with Crippen LogP contribution < -0.4 is 10.1 Å². The molecule has 1 aliphatic heterocycles. The van der Waals surface area contributed by atoms with Crippen LogP contribution in [0, 0.1) is 5.92 Å². The minimum atomic E-state index is -4.38. The summed E-state index contributed by atoms with van der Waals surface area (Å²) in [6.45, 7) is 5.41. The molecule has 1 fully saturated rings. The Balaban J connectivity index is 1.85. The number of ether oxygens (including phenoxy) is 3. The van der Waals surface area contributed by atoms with Crippen molar-refractivity contribution in [3.8, 4) is 5.88 Å². The lowest BCUT2D eigenvalue weighted by atomic mass is 10.1. The molecule has 1 aliphatic rings. The first-order valence-corrected chi connectivity index (χ1v) is 9.65. The minimum Gasteiger partial charge on any atom is -0.468 e. The molecule has 29 heavy (non-hydrogen) atoms. The van der Waals surface area contributed by atoms with E-state index in [1.54, 1.807) is 13.2 Å². The summed E-state index contributed by atoms with van der Waals surface area (Å²) in [5.41, 5.74) is 0.790. The van der Waals surface area contributed by atoms with Crippen molar-refractivity contribution in [1.82, 2.24) is 15.2 Å². The van der Waals surface area contributed by atoms with E-state index in [1.165, 1.54) is 12.3 Å². The number of hydrogen-bond donors (Lipinski definition) is 1. The maximum absolute atomic E-state index is 12.2. The molecule has 1 unspecified atom stereocenters. The molecule has 2 heterocycles. The molecule has 0 aromatic carbocycles. The van der Waals surface area contributed by atoms with E-state index >= 15 is 0 Å². The Morgan fingerprint density at radius 2 is 2.17 bits per heavy atom. The van der Waals surface area contributed by atoms with Gasteiger partial charge in [-0.25, -0.2) is 9.98 Å². The van der Waals surface area contributed by atoms with Crippen LogP contribution in [0.3, 0.4) is 0 Å². The number of likely N-dealkylation sites (tertiary alicyclic amines) is 1. The van der Waals surface area contributed by atoms with E-state index in [9.17, 15) is 13.2 Å². The summed E-state index contributed by atoms with van der Waals surface area (Å²) in [5, 5.41) is 3.29. The van der Waals surface area contributed by atoms with Crippen molar-refractivity contribution in [1.29, 1.82) is 0 Å². The summed E-state index contributed by atoms with van der Waals surface area (Å²) in [6, 6.07) is 3.09. The quantitative estimate of drug-likeness (QED) is 0.358. The molecule has 1 N–H and O–H groups in total. The molecule has 1 atom stereocenters. The van der Waals surface area contributed by atoms with Crippen molar-refractivity contribution in [3.05, 3.63) is 23.9 Å². The third-order valence-electron chi connectivity index (χ3n) is 4.30. The molecule has 1 aromatic heterocycles. The van der Waals surface area contributed by atoms with Crippen LogP contribution in [0.15, 0.2) is 23.3 Å². The lowest BCUT2D eigenvalue weighted by Crippen LogP contribution is -2.40. The average molecular weight is 418 g/mol. The second-order valence-electron chi connectivity index (χ2n) is 6.75. The van der Waals surface area contributed by atoms with Crippen LogP contribution in [0.4, 0.5) is 13.2 Å². The fourth-order valence-corrected chi connectivity index (χ4v) is 2.89. The normalized spacial score (nSPS) is 17.6. The highest BCUT2D eigenvalue weighted by Crippen LogP contribution is 2.18. The van der Waals surface area contributed by atoms with Gasteiger partial charge in [0.1, 0.15) is 0 Å². The van der Waals surface area contributed by atoms with E-state index in [-0.39, 0.29) is 5.88 Å². The van der Waals surface area contributed by atoms with Crippen molar-refractivity contribution >= 4 is 5.96 Å². The predicted octanol–water partition coefficient (Wildman–Crippen LogP) is 2.47. The molecule has 1 aromatic rings. The fourth-order valence-electron chi connectivity index (χ4n) is 2.89. The number of alkyl halides is 3. The van der Waals surface area contributed by atoms with Gasteiger partial charge in [-0.15, -0.1) is 0 Å². The highest BCUT2D eigenvalue weighted by atomic mass is 19.4. The van der Waals surface area contributed by atoms with Gasteiger partial charge in [-0.1, -0.05) is 6.07 Å². The van der Waals surface area contributed by atoms with Crippen LogP contribution in [0.25, 0.3) is 0 Å². The summed E-state index contributed by atoms with van der Waals surface area (Å²) < 4.78 is 51.8. The Labute approximate surface area is 169 Å². The number of aliphatic imine (C=N–C) groups is 1. The summed E-state index contributed by atoms with van der Waals surface area (Å²) in [4.78, 5) is 10.7. The number of rotatable bonds is 10. The van der Waals surface area contributed by atoms with E-state index in [0.717, 1.165) is 37.6 Å². The zero-order valence-electron chi connectivity index (χ0n) is 16.9. The molecule has 2 rings (SSSR count). The molecule has 0 aliphatic carbocycles. The smallest absolute Gasteiger partial charge is 0.422 e. The predicted molar refractivity (Wildman–Crippen MR) is 103 cm³/mol. The number of guanidine groups is 1. The van der Waals surface area contributed by atoms with E-state index in [2.05, 4.69) is 24.9 Å². The van der Waals surface area contributed by atoms with Crippen molar-refractivity contribution in [2.75, 3.05) is 53.2 Å². The largest absolute Gasteiger partial charge is 0.468 e. The monoisotopic (exact) mass is 418 g/mol. The summed E-state index contributed by atoms with van der Waals surface area (Å²) >= 11 is 0. The first kappa shape index (κ1) is 23.2. The van der Waals surface area contributed by atoms with Gasteiger partial charge in [-0.05, 0) is 18.9 Å². The lowest BCUT2D eigenvalue weighted by molar-refractivity contribution is -0.154. The highest BCUT2D eigenvalue weighted by molar-refractivity contribution is 5.80. The Bertz CT molecular complexity index is 626. The fraction of sp³-hybridized carbons (Fsp3) is 0.684. The van der Waals surface area contributed by atoms with Gasteiger partial charge < -0.3 is 24.4 Å². The number of aromatic nitrogens is 1. The molecular weight excluding hydrogens is 389 g/mol. The molecule has 0 spiro atoms. The summed E-state index contributed by atoms with van der Waals surface area (Å²) in [5.74, 6) is 1.20. The number of halogens is 3. The maximum atomic E-state index is 12.2. The molecule has 1 saturated heterocycles. The highest BCUT2D eigenvalue weighted by Gasteiger charge is 2.28. The van der Waals surface area contributed by atoms with Crippen LogP contribution in [-0.4, -0.2) is 75.2 Å². The van der Waals surface area contributed by atoms with Crippen LogP contribution >= 0.6 is 0 Å². The van der Waals surface area contributed by atoms with Crippen molar-refractivity contribution in [2.24, 2.45) is 10.9 Å². The minimum absolute atomic E-state index is 0.0576. The van der Waals surface area contributed by atoms with Gasteiger partial charge in [0.15, 0.2) is 12.6 Å². The van der Waals surface area contributed by atoms with Crippen molar-refractivity contribution in [3.63, 3.8) is 0 Å². The molecule has 0 saturated carbocycles. The Morgan fingerprint density at radius 1 is 1.34 bits per heavy atom. The topological polar surface area (TPSA) is 68.2 Å². The van der Waals surface area contributed by atoms with Gasteiger partial charge in [-0.2, -0.15) is 13.2 Å². The van der Waals surface area contributed by atoms with Crippen LogP contribution in [0.2, 0.25) is 0 Å². The molecule has 7 nitrogen and oxygen atoms in total. The average Bonchev–Trinajstić information content (AvgIpc) is 3.16. The van der Waals surface area contributed by atoms with Crippen LogP contribution in [0.1, 0.15) is 18.9 Å². The van der Waals surface area contributed by atoms with Gasteiger partial charge in [-0.3, -0.25) is 0 Å². The van der Waals surface area contributed by atoms with Gasteiger partial charge in [0, 0.05) is 44.9 Å². The summed E-state index contributed by atoms with van der Waals surface area (Å²) in [6.07, 6.45) is -1.87. The molecule has 164 valence electrons. The Hall–Kier alpha value is -2.07. The first-order chi connectivity index (χ1) is 13.9. The van der Waals surface area contributed by atoms with E-state index in [4.69, 9.17) is 9.47 Å². The van der Waals surface area contributed by atoms with E-state index in [1.807, 2.05) is 6.92 Å². The van der Waals surface area contributed by atoms with Crippen molar-refractivity contribution in [2.45, 2.75) is 26.1 Å². The van der Waals surface area contributed by atoms with E-state index < -0.39 is 12.8 Å². The number of methoxy groups -OCH3 is 1. The van der Waals surface area contributed by atoms with Gasteiger partial charge in [0.2, 0.25) is 5.88 Å². The zero-order chi connectivity index (χ0) is 21.1. The Kier molecular flexibility index (Phi) is 9.46. The maximum Gasteiger partial charge on any atom is 0.422 e. The standard InChI is InChI=1S/C19H29F3N4O3/c1-3-23-18(26-7-6-16(12-26)13-28-9-8-27-2)25-11-15-4-5-17(24-10-15)29-14-19(20,21)22/h4-5,10,16H,3,6-9,11-14H2,1-2H3,(H,23,25). The number of hydrogen-bond acceptors (Lipinski definition) is 5. The molecule has 10 heteroatoms. The van der Waals surface area contributed by atoms with Crippen LogP contribution in [0.5, 0.6) is 5.88 Å². The molecule has 0 amide bonds. The Morgan fingerprint density at radius 3 is 2.83 bits per heavy atom. The molecule has 0 bridgehead atoms. The van der Waals surface area contributed by atoms with Gasteiger partial charge >= 0.3 is 6.18 Å². The van der Waals surface area contributed by atoms with Crippen molar-refractivity contribution < 1.29 is 27.4 Å². The first-order valence-electron chi connectivity index (χ1n) is 9.65. The van der Waals surface area contributed by atoms with Gasteiger partial charge in [0.25, 0.3) is 0 Å².